The molecule has 4 nitrogen and oxygen atoms in total. The highest BCUT2D eigenvalue weighted by molar-refractivity contribution is 7.99. The van der Waals surface area contributed by atoms with Crippen LogP contribution in [-0.2, 0) is 11.3 Å². The van der Waals surface area contributed by atoms with E-state index in [0.717, 1.165) is 47.7 Å². The molecule has 0 radical (unpaired) electrons. The summed E-state index contributed by atoms with van der Waals surface area (Å²) in [4.78, 5) is 19.0. The molecule has 0 unspecified atom stereocenters. The van der Waals surface area contributed by atoms with E-state index in [1.54, 1.807) is 11.8 Å². The van der Waals surface area contributed by atoms with Crippen molar-refractivity contribution in [3.8, 4) is 0 Å². The standard InChI is InChI=1S/C20H24N2O2S/c1-2-25-19-12-11-17(14-21-19)18-10-6-7-13-22(18)20(23)24-15-16-8-4-3-5-9-16/h3-5,8-9,11-12,14,18H,2,6-7,10,13,15H2,1H3/t18-/m1/s1. The predicted molar refractivity (Wildman–Crippen MR) is 101 cm³/mol. The number of hydrogen-bond acceptors (Lipinski definition) is 4. The third-order valence-corrected chi connectivity index (χ3v) is 5.20. The van der Waals surface area contributed by atoms with Crippen molar-refractivity contribution in [2.75, 3.05) is 12.3 Å². The third kappa shape index (κ3) is 4.75. The van der Waals surface area contributed by atoms with Crippen LogP contribution < -0.4 is 0 Å². The number of nitrogens with zero attached hydrogens (tertiary/aromatic N) is 2. The molecule has 1 fully saturated rings. The zero-order chi connectivity index (χ0) is 17.5. The number of carbonyl (C=O) groups is 1. The topological polar surface area (TPSA) is 42.4 Å². The van der Waals surface area contributed by atoms with Crippen LogP contribution in [0.2, 0.25) is 0 Å². The second kappa shape index (κ2) is 8.90. The Hall–Kier alpha value is -2.01. The van der Waals surface area contributed by atoms with Crippen LogP contribution in [-0.4, -0.2) is 28.3 Å². The Morgan fingerprint density at radius 3 is 2.80 bits per heavy atom. The Morgan fingerprint density at radius 2 is 2.08 bits per heavy atom. The van der Waals surface area contributed by atoms with Crippen molar-refractivity contribution in [1.29, 1.82) is 0 Å². The maximum absolute atomic E-state index is 12.6. The highest BCUT2D eigenvalue weighted by Crippen LogP contribution is 2.32. The summed E-state index contributed by atoms with van der Waals surface area (Å²) in [6.07, 6.45) is 4.78. The first-order chi connectivity index (χ1) is 12.3. The summed E-state index contributed by atoms with van der Waals surface area (Å²) in [5.74, 6) is 1.01. The average molecular weight is 356 g/mol. The van der Waals surface area contributed by atoms with Crippen LogP contribution in [0.4, 0.5) is 4.79 Å². The molecule has 1 aliphatic rings. The van der Waals surface area contributed by atoms with Crippen molar-refractivity contribution in [3.05, 3.63) is 59.8 Å². The average Bonchev–Trinajstić information content (AvgIpc) is 2.68. The van der Waals surface area contributed by atoms with E-state index in [0.29, 0.717) is 6.61 Å². The minimum Gasteiger partial charge on any atom is -0.445 e. The van der Waals surface area contributed by atoms with Gasteiger partial charge >= 0.3 is 6.09 Å². The maximum atomic E-state index is 12.6. The van der Waals surface area contributed by atoms with Gasteiger partial charge in [0.05, 0.1) is 11.1 Å². The smallest absolute Gasteiger partial charge is 0.410 e. The van der Waals surface area contributed by atoms with Crippen LogP contribution in [0.3, 0.4) is 0 Å². The molecule has 0 saturated carbocycles. The molecule has 1 aromatic carbocycles. The number of carbonyl (C=O) groups excluding carboxylic acids is 1. The lowest BCUT2D eigenvalue weighted by atomic mass is 9.97. The fraction of sp³-hybridized carbons (Fsp3) is 0.400. The van der Waals surface area contributed by atoms with E-state index in [1.807, 2.05) is 47.5 Å². The van der Waals surface area contributed by atoms with E-state index in [4.69, 9.17) is 4.74 Å². The summed E-state index contributed by atoms with van der Waals surface area (Å²) in [5.41, 5.74) is 2.10. The quantitative estimate of drug-likeness (QED) is 0.703. The van der Waals surface area contributed by atoms with Crippen LogP contribution in [0.15, 0.2) is 53.7 Å². The van der Waals surface area contributed by atoms with E-state index in [9.17, 15) is 4.79 Å². The van der Waals surface area contributed by atoms with Crippen LogP contribution in [0.1, 0.15) is 43.4 Å². The molecular weight excluding hydrogens is 332 g/mol. The first kappa shape index (κ1) is 17.8. The van der Waals surface area contributed by atoms with Gasteiger partial charge in [0.1, 0.15) is 6.61 Å². The molecule has 1 saturated heterocycles. The molecule has 1 atom stereocenters. The van der Waals surface area contributed by atoms with Crippen LogP contribution in [0, 0.1) is 0 Å². The molecule has 5 heteroatoms. The molecule has 1 aliphatic heterocycles. The number of thioether (sulfide) groups is 1. The summed E-state index contributed by atoms with van der Waals surface area (Å²) in [7, 11) is 0. The number of pyridine rings is 1. The number of rotatable bonds is 5. The minimum atomic E-state index is -0.236. The lowest BCUT2D eigenvalue weighted by Crippen LogP contribution is -2.38. The Kier molecular flexibility index (Phi) is 6.34. The molecule has 0 spiro atoms. The van der Waals surface area contributed by atoms with Crippen molar-refractivity contribution < 1.29 is 9.53 Å². The maximum Gasteiger partial charge on any atom is 0.410 e. The SMILES string of the molecule is CCSc1ccc([C@H]2CCCCN2C(=O)OCc2ccccc2)cn1. The zero-order valence-electron chi connectivity index (χ0n) is 14.6. The Bertz CT molecular complexity index is 676. The molecule has 1 amide bonds. The van der Waals surface area contributed by atoms with Gasteiger partial charge in [-0.15, -0.1) is 11.8 Å². The van der Waals surface area contributed by atoms with Crippen molar-refractivity contribution >= 4 is 17.9 Å². The lowest BCUT2D eigenvalue weighted by Gasteiger charge is -2.35. The number of hydrogen-bond donors (Lipinski definition) is 0. The molecule has 2 heterocycles. The van der Waals surface area contributed by atoms with Gasteiger partial charge in [-0.2, -0.15) is 0 Å². The van der Waals surface area contributed by atoms with Gasteiger partial charge in [0, 0.05) is 12.7 Å². The second-order valence-corrected chi connectivity index (χ2v) is 7.39. The second-order valence-electron chi connectivity index (χ2n) is 6.11. The van der Waals surface area contributed by atoms with Gasteiger partial charge in [-0.05, 0) is 42.2 Å². The van der Waals surface area contributed by atoms with Gasteiger partial charge in [-0.1, -0.05) is 43.3 Å². The van der Waals surface area contributed by atoms with E-state index in [2.05, 4.69) is 18.0 Å². The number of aromatic nitrogens is 1. The molecule has 0 aliphatic carbocycles. The van der Waals surface area contributed by atoms with Gasteiger partial charge in [-0.3, -0.25) is 0 Å². The summed E-state index contributed by atoms with van der Waals surface area (Å²) in [6, 6.07) is 14.0. The summed E-state index contributed by atoms with van der Waals surface area (Å²) >= 11 is 1.73. The Balaban J connectivity index is 1.66. The van der Waals surface area contributed by atoms with E-state index >= 15 is 0 Å². The number of likely N-dealkylation sites (tertiary alicyclic amines) is 1. The fourth-order valence-corrected chi connectivity index (χ4v) is 3.71. The third-order valence-electron chi connectivity index (χ3n) is 4.38. The predicted octanol–water partition coefficient (Wildman–Crippen LogP) is 5.06. The largest absolute Gasteiger partial charge is 0.445 e. The Morgan fingerprint density at radius 1 is 1.24 bits per heavy atom. The Labute approximate surface area is 153 Å². The van der Waals surface area contributed by atoms with Crippen molar-refractivity contribution in [3.63, 3.8) is 0 Å². The monoisotopic (exact) mass is 356 g/mol. The number of ether oxygens (including phenoxy) is 1. The number of benzene rings is 1. The first-order valence-electron chi connectivity index (χ1n) is 8.84. The normalized spacial score (nSPS) is 17.3. The first-order valence-corrected chi connectivity index (χ1v) is 9.82. The van der Waals surface area contributed by atoms with Crippen molar-refractivity contribution in [2.45, 2.75) is 43.9 Å². The van der Waals surface area contributed by atoms with Gasteiger partial charge in [-0.25, -0.2) is 9.78 Å². The van der Waals surface area contributed by atoms with Gasteiger partial charge < -0.3 is 9.64 Å². The van der Waals surface area contributed by atoms with E-state index < -0.39 is 0 Å². The summed E-state index contributed by atoms with van der Waals surface area (Å²) < 4.78 is 5.54. The zero-order valence-corrected chi connectivity index (χ0v) is 15.4. The van der Waals surface area contributed by atoms with Crippen molar-refractivity contribution in [2.24, 2.45) is 0 Å². The van der Waals surface area contributed by atoms with Crippen molar-refractivity contribution in [1.82, 2.24) is 9.88 Å². The van der Waals surface area contributed by atoms with Crippen LogP contribution in [0.25, 0.3) is 0 Å². The molecule has 25 heavy (non-hydrogen) atoms. The van der Waals surface area contributed by atoms with Crippen LogP contribution in [0.5, 0.6) is 0 Å². The molecular formula is C20H24N2O2S. The minimum absolute atomic E-state index is 0.0604. The van der Waals surface area contributed by atoms with Crippen LogP contribution >= 0.6 is 11.8 Å². The van der Waals surface area contributed by atoms with E-state index in [1.165, 1.54) is 0 Å². The number of amides is 1. The fourth-order valence-electron chi connectivity index (χ4n) is 3.12. The highest BCUT2D eigenvalue weighted by atomic mass is 32.2. The molecule has 132 valence electrons. The highest BCUT2D eigenvalue weighted by Gasteiger charge is 2.29. The number of piperidine rings is 1. The molecule has 3 rings (SSSR count). The molecule has 0 bridgehead atoms. The molecule has 2 aromatic rings. The van der Waals surface area contributed by atoms with E-state index in [-0.39, 0.29) is 12.1 Å². The molecule has 0 N–H and O–H groups in total. The summed E-state index contributed by atoms with van der Waals surface area (Å²) in [6.45, 7) is 3.17. The van der Waals surface area contributed by atoms with Gasteiger partial charge in [0.25, 0.3) is 0 Å². The summed E-state index contributed by atoms with van der Waals surface area (Å²) in [5, 5.41) is 1.03. The van der Waals surface area contributed by atoms with Gasteiger partial charge in [0.15, 0.2) is 0 Å². The lowest BCUT2D eigenvalue weighted by molar-refractivity contribution is 0.0678. The van der Waals surface area contributed by atoms with Gasteiger partial charge in [0.2, 0.25) is 0 Å². The molecule has 1 aromatic heterocycles.